The molecule has 0 atom stereocenters. The van der Waals surface area contributed by atoms with Crippen LogP contribution in [-0.2, 0) is 9.59 Å². The summed E-state index contributed by atoms with van der Waals surface area (Å²) in [6.07, 6.45) is 3.29. The highest BCUT2D eigenvalue weighted by Gasteiger charge is 2.28. The maximum absolute atomic E-state index is 12.3. The number of imide groups is 1. The van der Waals surface area contributed by atoms with Crippen molar-refractivity contribution in [3.8, 4) is 0 Å². The second kappa shape index (κ2) is 7.60. The average Bonchev–Trinajstić information content (AvgIpc) is 2.68. The number of amides is 3. The first-order valence-electron chi connectivity index (χ1n) is 8.07. The third-order valence-electron chi connectivity index (χ3n) is 4.03. The lowest BCUT2D eigenvalue weighted by Gasteiger charge is -2.34. The number of benzene rings is 1. The minimum absolute atomic E-state index is 0.152. The second-order valence-corrected chi connectivity index (χ2v) is 5.70. The molecule has 9 nitrogen and oxygen atoms in total. The van der Waals surface area contributed by atoms with Gasteiger partial charge < -0.3 is 15.5 Å². The molecule has 1 aromatic heterocycles. The molecule has 2 aromatic rings. The molecule has 1 aromatic carbocycles. The van der Waals surface area contributed by atoms with Crippen LogP contribution in [0.5, 0.6) is 0 Å². The van der Waals surface area contributed by atoms with Gasteiger partial charge in [-0.15, -0.1) is 0 Å². The number of nitrogens with two attached hydrogens (primary N) is 1. The lowest BCUT2D eigenvalue weighted by atomic mass is 10.1. The van der Waals surface area contributed by atoms with E-state index in [1.165, 1.54) is 11.0 Å². The van der Waals surface area contributed by atoms with E-state index in [1.54, 1.807) is 36.7 Å². The summed E-state index contributed by atoms with van der Waals surface area (Å²) in [5.41, 5.74) is 6.09. The summed E-state index contributed by atoms with van der Waals surface area (Å²) < 4.78 is 0. The van der Waals surface area contributed by atoms with Crippen molar-refractivity contribution in [2.45, 2.75) is 0 Å². The van der Waals surface area contributed by atoms with Crippen molar-refractivity contribution in [1.29, 1.82) is 0 Å². The van der Waals surface area contributed by atoms with Crippen LogP contribution in [0.15, 0.2) is 42.7 Å². The van der Waals surface area contributed by atoms with Gasteiger partial charge in [-0.25, -0.2) is 9.97 Å². The van der Waals surface area contributed by atoms with Gasteiger partial charge in [-0.05, 0) is 18.2 Å². The normalized spacial score (nSPS) is 14.0. The average molecular weight is 354 g/mol. The van der Waals surface area contributed by atoms with Crippen LogP contribution in [0.3, 0.4) is 0 Å². The van der Waals surface area contributed by atoms with Crippen LogP contribution in [0.2, 0.25) is 0 Å². The molecule has 0 bridgehead atoms. The van der Waals surface area contributed by atoms with E-state index in [1.807, 2.05) is 4.90 Å². The summed E-state index contributed by atoms with van der Waals surface area (Å²) in [5, 5.41) is 2.09. The largest absolute Gasteiger partial charge is 0.398 e. The summed E-state index contributed by atoms with van der Waals surface area (Å²) in [7, 11) is 0. The molecule has 9 heteroatoms. The zero-order valence-corrected chi connectivity index (χ0v) is 14.0. The van der Waals surface area contributed by atoms with Crippen LogP contribution in [0, 0.1) is 0 Å². The van der Waals surface area contributed by atoms with E-state index in [-0.39, 0.29) is 11.3 Å². The third kappa shape index (κ3) is 3.77. The maximum atomic E-state index is 12.3. The van der Waals surface area contributed by atoms with E-state index >= 15 is 0 Å². The quantitative estimate of drug-likeness (QED) is 0.559. The van der Waals surface area contributed by atoms with E-state index < -0.39 is 17.7 Å². The van der Waals surface area contributed by atoms with Crippen molar-refractivity contribution in [3.63, 3.8) is 0 Å². The number of carbonyl (C=O) groups excluding carboxylic acids is 3. The van der Waals surface area contributed by atoms with Crippen LogP contribution in [0.25, 0.3) is 0 Å². The van der Waals surface area contributed by atoms with Crippen LogP contribution in [0.4, 0.5) is 11.6 Å². The van der Waals surface area contributed by atoms with Crippen LogP contribution >= 0.6 is 0 Å². The van der Waals surface area contributed by atoms with Gasteiger partial charge in [0, 0.05) is 44.3 Å². The Bertz CT molecular complexity index is 818. The Balaban J connectivity index is 1.56. The van der Waals surface area contributed by atoms with E-state index in [9.17, 15) is 14.4 Å². The van der Waals surface area contributed by atoms with Crippen LogP contribution < -0.4 is 16.0 Å². The van der Waals surface area contributed by atoms with E-state index in [0.29, 0.717) is 32.1 Å². The number of nitrogen functional groups attached to an aromatic ring is 1. The SMILES string of the molecule is Nc1ccccc1C(=O)NC(=O)C(=O)N1CCN(c2ncccn2)CC1. The second-order valence-electron chi connectivity index (χ2n) is 5.70. The van der Waals surface area contributed by atoms with Crippen LogP contribution in [-0.4, -0.2) is 58.8 Å². The van der Waals surface area contributed by atoms with E-state index in [0.717, 1.165) is 0 Å². The Morgan fingerprint density at radius 1 is 0.962 bits per heavy atom. The highest BCUT2D eigenvalue weighted by atomic mass is 16.2. The number of piperazine rings is 1. The zero-order chi connectivity index (χ0) is 18.5. The van der Waals surface area contributed by atoms with Crippen molar-refractivity contribution in [2.75, 3.05) is 36.8 Å². The molecule has 1 aliphatic heterocycles. The molecule has 3 N–H and O–H groups in total. The number of anilines is 2. The van der Waals surface area contributed by atoms with E-state index in [4.69, 9.17) is 5.73 Å². The fraction of sp³-hybridized carbons (Fsp3) is 0.235. The molecule has 1 saturated heterocycles. The fourth-order valence-electron chi connectivity index (χ4n) is 2.64. The molecule has 0 unspecified atom stereocenters. The standard InChI is InChI=1S/C17H18N6O3/c18-13-5-2-1-4-12(13)14(24)21-15(25)16(26)22-8-10-23(11-9-22)17-19-6-3-7-20-17/h1-7H,8-11,18H2,(H,21,24,25). The Kier molecular flexibility index (Phi) is 5.07. The van der Waals surface area contributed by atoms with Gasteiger partial charge >= 0.3 is 11.8 Å². The smallest absolute Gasteiger partial charge is 0.316 e. The van der Waals surface area contributed by atoms with Crippen molar-refractivity contribution >= 4 is 29.4 Å². The van der Waals surface area contributed by atoms with Crippen molar-refractivity contribution in [3.05, 3.63) is 48.3 Å². The molecule has 26 heavy (non-hydrogen) atoms. The van der Waals surface area contributed by atoms with Gasteiger partial charge in [-0.1, -0.05) is 12.1 Å². The molecular weight excluding hydrogens is 336 g/mol. The van der Waals surface area contributed by atoms with Gasteiger partial charge in [0.05, 0.1) is 5.56 Å². The Labute approximate surface area is 149 Å². The van der Waals surface area contributed by atoms with Crippen LogP contribution in [0.1, 0.15) is 10.4 Å². The number of para-hydroxylation sites is 1. The monoisotopic (exact) mass is 354 g/mol. The predicted octanol–water partition coefficient (Wildman–Crippen LogP) is -0.336. The lowest BCUT2D eigenvalue weighted by molar-refractivity contribution is -0.145. The minimum atomic E-state index is -0.970. The first kappa shape index (κ1) is 17.3. The van der Waals surface area contributed by atoms with Gasteiger partial charge in [0.1, 0.15) is 0 Å². The molecule has 0 saturated carbocycles. The lowest BCUT2D eigenvalue weighted by Crippen LogP contribution is -2.53. The Morgan fingerprint density at radius 2 is 1.62 bits per heavy atom. The molecule has 3 rings (SSSR count). The summed E-state index contributed by atoms with van der Waals surface area (Å²) in [6, 6.07) is 8.06. The molecule has 1 aliphatic rings. The third-order valence-corrected chi connectivity index (χ3v) is 4.03. The topological polar surface area (TPSA) is 122 Å². The molecule has 0 spiro atoms. The molecule has 2 heterocycles. The summed E-state index contributed by atoms with van der Waals surface area (Å²) >= 11 is 0. The molecule has 0 radical (unpaired) electrons. The molecule has 1 fully saturated rings. The first-order chi connectivity index (χ1) is 12.6. The number of carbonyl (C=O) groups is 3. The van der Waals surface area contributed by atoms with Gasteiger partial charge in [0.25, 0.3) is 5.91 Å². The number of nitrogens with zero attached hydrogens (tertiary/aromatic N) is 4. The predicted molar refractivity (Wildman–Crippen MR) is 94.2 cm³/mol. The summed E-state index contributed by atoms with van der Waals surface area (Å²) in [4.78, 5) is 48.1. The molecule has 134 valence electrons. The minimum Gasteiger partial charge on any atom is -0.398 e. The van der Waals surface area contributed by atoms with Gasteiger partial charge in [0.15, 0.2) is 0 Å². The summed E-state index contributed by atoms with van der Waals surface area (Å²) in [6.45, 7) is 1.68. The molecule has 0 aliphatic carbocycles. The van der Waals surface area contributed by atoms with Gasteiger partial charge in [-0.2, -0.15) is 0 Å². The highest BCUT2D eigenvalue weighted by Crippen LogP contribution is 2.11. The fourth-order valence-corrected chi connectivity index (χ4v) is 2.64. The summed E-state index contributed by atoms with van der Waals surface area (Å²) in [5.74, 6) is -1.83. The highest BCUT2D eigenvalue weighted by molar-refractivity contribution is 6.38. The van der Waals surface area contributed by atoms with Crippen molar-refractivity contribution in [2.24, 2.45) is 0 Å². The van der Waals surface area contributed by atoms with E-state index in [2.05, 4.69) is 15.3 Å². The van der Waals surface area contributed by atoms with Gasteiger partial charge in [-0.3, -0.25) is 19.7 Å². The Hall–Kier alpha value is -3.49. The first-order valence-corrected chi connectivity index (χ1v) is 8.07. The number of rotatable bonds is 2. The number of hydrogen-bond acceptors (Lipinski definition) is 7. The van der Waals surface area contributed by atoms with Crippen molar-refractivity contribution < 1.29 is 14.4 Å². The molecule has 3 amide bonds. The number of aromatic nitrogens is 2. The maximum Gasteiger partial charge on any atom is 0.316 e. The van der Waals surface area contributed by atoms with Crippen molar-refractivity contribution in [1.82, 2.24) is 20.2 Å². The zero-order valence-electron chi connectivity index (χ0n) is 14.0. The number of nitrogens with one attached hydrogen (secondary N) is 1. The number of hydrogen-bond donors (Lipinski definition) is 2. The molecular formula is C17H18N6O3. The Morgan fingerprint density at radius 3 is 2.27 bits per heavy atom. The van der Waals surface area contributed by atoms with Gasteiger partial charge in [0.2, 0.25) is 5.95 Å².